The average Bonchev–Trinajstić information content (AvgIpc) is 2.62. The second-order valence-electron chi connectivity index (χ2n) is 4.11. The van der Waals surface area contributed by atoms with E-state index >= 15 is 0 Å². The van der Waals surface area contributed by atoms with Crippen molar-refractivity contribution in [2.75, 3.05) is 0 Å². The normalized spacial score (nSPS) is 14.4. The predicted molar refractivity (Wildman–Crippen MR) is 62.1 cm³/mol. The Labute approximate surface area is 91.4 Å². The first-order valence-corrected chi connectivity index (χ1v) is 5.73. The Morgan fingerprint density at radius 1 is 1.40 bits per heavy atom. The Kier molecular flexibility index (Phi) is 3.44. The van der Waals surface area contributed by atoms with Crippen molar-refractivity contribution in [3.63, 3.8) is 0 Å². The van der Waals surface area contributed by atoms with Crippen LogP contribution in [0.4, 0.5) is 0 Å². The van der Waals surface area contributed by atoms with Crippen molar-refractivity contribution in [1.82, 2.24) is 0 Å². The van der Waals surface area contributed by atoms with E-state index in [-0.39, 0.29) is 0 Å². The number of hydrogen-bond acceptors (Lipinski definition) is 2. The summed E-state index contributed by atoms with van der Waals surface area (Å²) in [6.45, 7) is 2.76. The first-order valence-electron chi connectivity index (χ1n) is 5.73. The highest BCUT2D eigenvalue weighted by atomic mass is 16.5. The third kappa shape index (κ3) is 2.24. The van der Waals surface area contributed by atoms with Crippen molar-refractivity contribution in [3.05, 3.63) is 29.3 Å². The molecule has 0 amide bonds. The van der Waals surface area contributed by atoms with E-state index in [1.165, 1.54) is 24.8 Å². The molecular formula is C12H17BO2. The van der Waals surface area contributed by atoms with Crippen molar-refractivity contribution in [1.29, 1.82) is 0 Å². The summed E-state index contributed by atoms with van der Waals surface area (Å²) in [6.07, 6.45) is 4.73. The van der Waals surface area contributed by atoms with Crippen LogP contribution in [0.2, 0.25) is 0 Å². The summed E-state index contributed by atoms with van der Waals surface area (Å²) >= 11 is 0. The van der Waals surface area contributed by atoms with Crippen LogP contribution in [0.3, 0.4) is 0 Å². The van der Waals surface area contributed by atoms with E-state index in [1.54, 1.807) is 0 Å². The van der Waals surface area contributed by atoms with Crippen LogP contribution in [0.25, 0.3) is 0 Å². The molecule has 1 aromatic rings. The molecular weight excluding hydrogens is 187 g/mol. The molecule has 2 nitrogen and oxygen atoms in total. The SMILES string of the molecule is CCCCCc1cccc2c1B(O)OC2. The smallest absolute Gasteiger partial charge is 0.423 e. The van der Waals surface area contributed by atoms with Crippen molar-refractivity contribution < 1.29 is 9.68 Å². The molecule has 0 unspecified atom stereocenters. The summed E-state index contributed by atoms with van der Waals surface area (Å²) in [5, 5.41) is 9.70. The van der Waals surface area contributed by atoms with Crippen molar-refractivity contribution in [3.8, 4) is 0 Å². The molecule has 2 rings (SSSR count). The third-order valence-corrected chi connectivity index (χ3v) is 2.98. The van der Waals surface area contributed by atoms with Gasteiger partial charge >= 0.3 is 7.12 Å². The van der Waals surface area contributed by atoms with Crippen molar-refractivity contribution in [2.24, 2.45) is 0 Å². The fraction of sp³-hybridized carbons (Fsp3) is 0.500. The van der Waals surface area contributed by atoms with E-state index in [0.29, 0.717) is 6.61 Å². The molecule has 1 aromatic carbocycles. The summed E-state index contributed by atoms with van der Waals surface area (Å²) in [4.78, 5) is 0. The lowest BCUT2D eigenvalue weighted by Crippen LogP contribution is -2.31. The molecule has 0 saturated carbocycles. The molecule has 0 bridgehead atoms. The standard InChI is InChI=1S/C12H17BO2/c1-2-3-4-6-10-7-5-8-11-9-15-13(14)12(10)11/h5,7-8,14H,2-4,6,9H2,1H3. The Balaban J connectivity index is 2.14. The van der Waals surface area contributed by atoms with Gasteiger partial charge in [-0.25, -0.2) is 0 Å². The highest BCUT2D eigenvalue weighted by molar-refractivity contribution is 6.62. The summed E-state index contributed by atoms with van der Waals surface area (Å²) < 4.78 is 5.23. The van der Waals surface area contributed by atoms with Crippen LogP contribution in [0, 0.1) is 0 Å². The molecule has 0 aliphatic carbocycles. The molecule has 0 atom stereocenters. The van der Waals surface area contributed by atoms with Gasteiger partial charge in [0.05, 0.1) is 6.61 Å². The minimum Gasteiger partial charge on any atom is -0.423 e. The molecule has 1 N–H and O–H groups in total. The number of fused-ring (bicyclic) bond motifs is 1. The number of unbranched alkanes of at least 4 members (excludes halogenated alkanes) is 2. The molecule has 80 valence electrons. The average molecular weight is 204 g/mol. The molecule has 1 aliphatic heterocycles. The zero-order chi connectivity index (χ0) is 10.7. The van der Waals surface area contributed by atoms with Crippen LogP contribution < -0.4 is 5.46 Å². The Bertz CT molecular complexity index is 338. The summed E-state index contributed by atoms with van der Waals surface area (Å²) in [5.74, 6) is 0. The van der Waals surface area contributed by atoms with Crippen LogP contribution in [0.1, 0.15) is 37.3 Å². The van der Waals surface area contributed by atoms with E-state index in [2.05, 4.69) is 19.1 Å². The lowest BCUT2D eigenvalue weighted by Gasteiger charge is -2.07. The maximum absolute atomic E-state index is 9.70. The van der Waals surface area contributed by atoms with Gasteiger partial charge in [-0.15, -0.1) is 0 Å². The monoisotopic (exact) mass is 204 g/mol. The number of aryl methyl sites for hydroxylation is 1. The molecule has 1 heterocycles. The fourth-order valence-electron chi connectivity index (χ4n) is 2.14. The topological polar surface area (TPSA) is 29.5 Å². The van der Waals surface area contributed by atoms with E-state index in [0.717, 1.165) is 17.4 Å². The van der Waals surface area contributed by atoms with Gasteiger partial charge in [0.1, 0.15) is 0 Å². The van der Waals surface area contributed by atoms with E-state index < -0.39 is 7.12 Å². The molecule has 0 fully saturated rings. The van der Waals surface area contributed by atoms with Gasteiger partial charge in [-0.05, 0) is 29.4 Å². The summed E-state index contributed by atoms with van der Waals surface area (Å²) in [6, 6.07) is 6.20. The summed E-state index contributed by atoms with van der Waals surface area (Å²) in [7, 11) is -0.696. The number of hydrogen-bond donors (Lipinski definition) is 1. The van der Waals surface area contributed by atoms with Gasteiger partial charge in [0.15, 0.2) is 0 Å². The van der Waals surface area contributed by atoms with Crippen molar-refractivity contribution in [2.45, 2.75) is 39.2 Å². The molecule has 15 heavy (non-hydrogen) atoms. The number of benzene rings is 1. The highest BCUT2D eigenvalue weighted by Crippen LogP contribution is 2.14. The largest absolute Gasteiger partial charge is 0.492 e. The van der Waals surface area contributed by atoms with Gasteiger partial charge in [-0.1, -0.05) is 38.0 Å². The molecule has 0 aromatic heterocycles. The Morgan fingerprint density at radius 3 is 3.07 bits per heavy atom. The van der Waals surface area contributed by atoms with Crippen LogP contribution >= 0.6 is 0 Å². The van der Waals surface area contributed by atoms with Gasteiger partial charge in [0.25, 0.3) is 0 Å². The quantitative estimate of drug-likeness (QED) is 0.596. The molecule has 0 saturated heterocycles. The van der Waals surface area contributed by atoms with E-state index in [1.807, 2.05) is 6.07 Å². The third-order valence-electron chi connectivity index (χ3n) is 2.98. The van der Waals surface area contributed by atoms with Crippen LogP contribution in [-0.2, 0) is 17.7 Å². The maximum Gasteiger partial charge on any atom is 0.492 e. The predicted octanol–water partition coefficient (Wildman–Crippen LogP) is 1.64. The van der Waals surface area contributed by atoms with Gasteiger partial charge in [-0.3, -0.25) is 0 Å². The van der Waals surface area contributed by atoms with Gasteiger partial charge in [-0.2, -0.15) is 0 Å². The van der Waals surface area contributed by atoms with E-state index in [4.69, 9.17) is 4.65 Å². The second-order valence-corrected chi connectivity index (χ2v) is 4.11. The Hall–Kier alpha value is -0.795. The highest BCUT2D eigenvalue weighted by Gasteiger charge is 2.29. The van der Waals surface area contributed by atoms with Gasteiger partial charge in [0.2, 0.25) is 0 Å². The fourth-order valence-corrected chi connectivity index (χ4v) is 2.14. The Morgan fingerprint density at radius 2 is 2.27 bits per heavy atom. The van der Waals surface area contributed by atoms with Crippen molar-refractivity contribution >= 4 is 12.6 Å². The summed E-state index contributed by atoms with van der Waals surface area (Å²) in [5.41, 5.74) is 3.43. The lowest BCUT2D eigenvalue weighted by atomic mass is 9.75. The lowest BCUT2D eigenvalue weighted by molar-refractivity contribution is 0.275. The minimum atomic E-state index is -0.696. The zero-order valence-corrected chi connectivity index (χ0v) is 9.20. The molecule has 0 radical (unpaired) electrons. The number of rotatable bonds is 4. The molecule has 0 spiro atoms. The zero-order valence-electron chi connectivity index (χ0n) is 9.20. The first kappa shape index (κ1) is 10.7. The van der Waals surface area contributed by atoms with E-state index in [9.17, 15) is 5.02 Å². The minimum absolute atomic E-state index is 0.554. The molecule has 3 heteroatoms. The van der Waals surface area contributed by atoms with Gasteiger partial charge in [0, 0.05) is 0 Å². The second kappa shape index (κ2) is 4.82. The van der Waals surface area contributed by atoms with Crippen LogP contribution in [0.15, 0.2) is 18.2 Å². The maximum atomic E-state index is 9.70. The van der Waals surface area contributed by atoms with Gasteiger partial charge < -0.3 is 9.68 Å². The first-order chi connectivity index (χ1) is 7.33. The molecule has 1 aliphatic rings. The van der Waals surface area contributed by atoms with Crippen LogP contribution in [0.5, 0.6) is 0 Å². The van der Waals surface area contributed by atoms with Crippen LogP contribution in [-0.4, -0.2) is 12.1 Å².